The van der Waals surface area contributed by atoms with E-state index in [1.54, 1.807) is 16.9 Å². The highest BCUT2D eigenvalue weighted by molar-refractivity contribution is 7.16. The standard InChI is InChI=1S/C21H24N4O2S/c1-4-16-14(3)28-21(23-19(26)17-11-12-25(5-2)24-17)18(16)20(27)22-13-15-9-7-6-8-10-15/h6-12H,4-5,13H2,1-3H3,(H,22,27)(H,23,26). The van der Waals surface area contributed by atoms with Gasteiger partial charge in [-0.05, 0) is 37.5 Å². The van der Waals surface area contributed by atoms with E-state index in [2.05, 4.69) is 15.7 Å². The lowest BCUT2D eigenvalue weighted by molar-refractivity contribution is 0.0951. The van der Waals surface area contributed by atoms with Crippen molar-refractivity contribution in [1.29, 1.82) is 0 Å². The van der Waals surface area contributed by atoms with Gasteiger partial charge in [0, 0.05) is 24.2 Å². The first-order valence-corrected chi connectivity index (χ1v) is 10.1. The summed E-state index contributed by atoms with van der Waals surface area (Å²) in [5.41, 5.74) is 2.87. The van der Waals surface area contributed by atoms with Crippen molar-refractivity contribution < 1.29 is 9.59 Å². The summed E-state index contributed by atoms with van der Waals surface area (Å²) in [6.45, 7) is 7.07. The van der Waals surface area contributed by atoms with Crippen LogP contribution in [0.4, 0.5) is 5.00 Å². The van der Waals surface area contributed by atoms with Gasteiger partial charge in [-0.15, -0.1) is 11.3 Å². The summed E-state index contributed by atoms with van der Waals surface area (Å²) >= 11 is 1.42. The molecule has 2 aromatic heterocycles. The highest BCUT2D eigenvalue weighted by Crippen LogP contribution is 2.33. The molecular weight excluding hydrogens is 372 g/mol. The zero-order chi connectivity index (χ0) is 20.1. The molecule has 0 saturated heterocycles. The van der Waals surface area contributed by atoms with Crippen molar-refractivity contribution in [2.24, 2.45) is 0 Å². The van der Waals surface area contributed by atoms with Gasteiger partial charge in [-0.1, -0.05) is 37.3 Å². The first kappa shape index (κ1) is 19.8. The molecule has 0 aliphatic heterocycles. The van der Waals surface area contributed by atoms with E-state index in [0.29, 0.717) is 29.3 Å². The lowest BCUT2D eigenvalue weighted by Gasteiger charge is -2.09. The van der Waals surface area contributed by atoms with Crippen molar-refractivity contribution in [3.8, 4) is 0 Å². The molecule has 3 aromatic rings. The predicted octanol–water partition coefficient (Wildman–Crippen LogP) is 4.02. The van der Waals surface area contributed by atoms with E-state index >= 15 is 0 Å². The minimum Gasteiger partial charge on any atom is -0.348 e. The monoisotopic (exact) mass is 396 g/mol. The third-order valence-electron chi connectivity index (χ3n) is 4.51. The van der Waals surface area contributed by atoms with E-state index in [-0.39, 0.29) is 11.8 Å². The van der Waals surface area contributed by atoms with E-state index in [1.807, 2.05) is 51.1 Å². The first-order valence-electron chi connectivity index (χ1n) is 9.32. The molecule has 0 saturated carbocycles. The van der Waals surface area contributed by atoms with Crippen LogP contribution in [0.5, 0.6) is 0 Å². The molecular formula is C21H24N4O2S. The Hall–Kier alpha value is -2.93. The molecule has 2 amide bonds. The average Bonchev–Trinajstić information content (AvgIpc) is 3.31. The van der Waals surface area contributed by atoms with Crippen molar-refractivity contribution in [3.05, 3.63) is 69.9 Å². The van der Waals surface area contributed by atoms with E-state index in [4.69, 9.17) is 0 Å². The number of hydrogen-bond acceptors (Lipinski definition) is 4. The number of anilines is 1. The highest BCUT2D eigenvalue weighted by atomic mass is 32.1. The second-order valence-electron chi connectivity index (χ2n) is 6.37. The summed E-state index contributed by atoms with van der Waals surface area (Å²) in [5, 5.41) is 10.6. The van der Waals surface area contributed by atoms with Crippen molar-refractivity contribution in [1.82, 2.24) is 15.1 Å². The molecule has 3 rings (SSSR count). The van der Waals surface area contributed by atoms with E-state index < -0.39 is 0 Å². The Morgan fingerprint density at radius 1 is 1.11 bits per heavy atom. The van der Waals surface area contributed by atoms with Crippen LogP contribution in [0, 0.1) is 6.92 Å². The minimum absolute atomic E-state index is 0.181. The van der Waals surface area contributed by atoms with E-state index in [1.165, 1.54) is 11.3 Å². The number of aromatic nitrogens is 2. The van der Waals surface area contributed by atoms with Crippen molar-refractivity contribution >= 4 is 28.2 Å². The summed E-state index contributed by atoms with van der Waals surface area (Å²) in [5.74, 6) is -0.493. The van der Waals surface area contributed by atoms with Gasteiger partial charge in [-0.2, -0.15) is 5.10 Å². The number of benzene rings is 1. The lowest BCUT2D eigenvalue weighted by Crippen LogP contribution is -2.25. The topological polar surface area (TPSA) is 76.0 Å². The van der Waals surface area contributed by atoms with Crippen molar-refractivity contribution in [2.75, 3.05) is 5.32 Å². The molecule has 2 N–H and O–H groups in total. The normalized spacial score (nSPS) is 10.7. The van der Waals surface area contributed by atoms with Gasteiger partial charge >= 0.3 is 0 Å². The van der Waals surface area contributed by atoms with Gasteiger partial charge in [0.15, 0.2) is 5.69 Å². The molecule has 2 heterocycles. The summed E-state index contributed by atoms with van der Waals surface area (Å²) < 4.78 is 1.69. The van der Waals surface area contributed by atoms with Gasteiger partial charge < -0.3 is 10.6 Å². The first-order chi connectivity index (χ1) is 13.5. The Bertz CT molecular complexity index is 976. The number of nitrogens with one attached hydrogen (secondary N) is 2. The molecule has 0 unspecified atom stereocenters. The number of nitrogens with zero attached hydrogens (tertiary/aromatic N) is 2. The smallest absolute Gasteiger partial charge is 0.276 e. The maximum atomic E-state index is 12.9. The van der Waals surface area contributed by atoms with Crippen molar-refractivity contribution in [2.45, 2.75) is 40.3 Å². The number of carbonyl (C=O) groups excluding carboxylic acids is 2. The largest absolute Gasteiger partial charge is 0.348 e. The van der Waals surface area contributed by atoms with Gasteiger partial charge in [0.05, 0.1) is 5.56 Å². The fourth-order valence-electron chi connectivity index (χ4n) is 3.03. The van der Waals surface area contributed by atoms with Crippen LogP contribution in [-0.4, -0.2) is 21.6 Å². The highest BCUT2D eigenvalue weighted by Gasteiger charge is 2.23. The van der Waals surface area contributed by atoms with Gasteiger partial charge in [0.1, 0.15) is 5.00 Å². The number of carbonyl (C=O) groups is 2. The molecule has 28 heavy (non-hydrogen) atoms. The zero-order valence-electron chi connectivity index (χ0n) is 16.3. The van der Waals surface area contributed by atoms with Crippen LogP contribution in [-0.2, 0) is 19.5 Å². The summed E-state index contributed by atoms with van der Waals surface area (Å²) in [7, 11) is 0. The Morgan fingerprint density at radius 2 is 1.86 bits per heavy atom. The number of amides is 2. The average molecular weight is 397 g/mol. The Kier molecular flexibility index (Phi) is 6.26. The fraction of sp³-hybridized carbons (Fsp3) is 0.286. The minimum atomic E-state index is -0.312. The molecule has 1 aromatic carbocycles. The van der Waals surface area contributed by atoms with Gasteiger partial charge in [-0.3, -0.25) is 14.3 Å². The molecule has 146 valence electrons. The maximum Gasteiger partial charge on any atom is 0.276 e. The second-order valence-corrected chi connectivity index (χ2v) is 7.60. The third kappa shape index (κ3) is 4.31. The molecule has 0 bridgehead atoms. The van der Waals surface area contributed by atoms with Crippen LogP contribution in [0.2, 0.25) is 0 Å². The van der Waals surface area contributed by atoms with Crippen LogP contribution in [0.25, 0.3) is 0 Å². The van der Waals surface area contributed by atoms with Crippen LogP contribution < -0.4 is 10.6 Å². The molecule has 0 aliphatic carbocycles. The Labute approximate surface area is 168 Å². The molecule has 0 aliphatic rings. The van der Waals surface area contributed by atoms with Gasteiger partial charge in [0.25, 0.3) is 11.8 Å². The summed E-state index contributed by atoms with van der Waals surface area (Å²) in [6, 6.07) is 11.4. The molecule has 0 fully saturated rings. The van der Waals surface area contributed by atoms with E-state index in [0.717, 1.165) is 22.4 Å². The molecule has 0 atom stereocenters. The molecule has 0 spiro atoms. The fourth-order valence-corrected chi connectivity index (χ4v) is 4.16. The number of hydrogen-bond donors (Lipinski definition) is 2. The summed E-state index contributed by atoms with van der Waals surface area (Å²) in [6.07, 6.45) is 2.48. The quantitative estimate of drug-likeness (QED) is 0.633. The number of thiophene rings is 1. The predicted molar refractivity (Wildman–Crippen MR) is 112 cm³/mol. The molecule has 7 heteroatoms. The third-order valence-corrected chi connectivity index (χ3v) is 5.57. The van der Waals surface area contributed by atoms with Crippen LogP contribution in [0.15, 0.2) is 42.6 Å². The maximum absolute atomic E-state index is 12.9. The second kappa shape index (κ2) is 8.84. The lowest BCUT2D eigenvalue weighted by atomic mass is 10.1. The molecule has 0 radical (unpaired) electrons. The van der Waals surface area contributed by atoms with Crippen LogP contribution in [0.1, 0.15) is 50.7 Å². The van der Waals surface area contributed by atoms with Gasteiger partial charge in [-0.25, -0.2) is 0 Å². The van der Waals surface area contributed by atoms with E-state index in [9.17, 15) is 9.59 Å². The Morgan fingerprint density at radius 3 is 2.50 bits per heavy atom. The zero-order valence-corrected chi connectivity index (χ0v) is 17.1. The number of rotatable bonds is 7. The van der Waals surface area contributed by atoms with Gasteiger partial charge in [0.2, 0.25) is 0 Å². The van der Waals surface area contributed by atoms with Crippen LogP contribution >= 0.6 is 11.3 Å². The molecule has 6 nitrogen and oxygen atoms in total. The van der Waals surface area contributed by atoms with Crippen LogP contribution in [0.3, 0.4) is 0 Å². The Balaban J connectivity index is 1.81. The van der Waals surface area contributed by atoms with Crippen molar-refractivity contribution in [3.63, 3.8) is 0 Å². The number of aryl methyl sites for hydroxylation is 2. The summed E-state index contributed by atoms with van der Waals surface area (Å²) in [4.78, 5) is 26.5. The SMILES string of the molecule is CCc1c(C)sc(NC(=O)c2ccn(CC)n2)c1C(=O)NCc1ccccc1.